The fourth-order valence-electron chi connectivity index (χ4n) is 2.59. The van der Waals surface area contributed by atoms with E-state index in [0.717, 1.165) is 29.7 Å². The van der Waals surface area contributed by atoms with E-state index in [0.29, 0.717) is 12.1 Å². The average molecular weight is 328 g/mol. The van der Waals surface area contributed by atoms with Gasteiger partial charge >= 0.3 is 0 Å². The lowest BCUT2D eigenvalue weighted by molar-refractivity contribution is -0.00587. The Hall–Kier alpha value is -0.580. The van der Waals surface area contributed by atoms with Crippen molar-refractivity contribution in [2.45, 2.75) is 37.8 Å². The minimum atomic E-state index is 0.333. The molecule has 1 fully saturated rings. The predicted molar refractivity (Wildman–Crippen MR) is 80.8 cm³/mol. The van der Waals surface area contributed by atoms with Crippen LogP contribution in [-0.4, -0.2) is 32.9 Å². The monoisotopic (exact) mass is 327 g/mol. The van der Waals surface area contributed by atoms with Gasteiger partial charge in [0.1, 0.15) is 5.75 Å². The molecule has 106 valence electrons. The van der Waals surface area contributed by atoms with Crippen molar-refractivity contribution in [1.82, 2.24) is 5.32 Å². The number of halogens is 1. The van der Waals surface area contributed by atoms with Gasteiger partial charge in [-0.1, -0.05) is 6.07 Å². The van der Waals surface area contributed by atoms with E-state index in [1.165, 1.54) is 18.4 Å². The maximum Gasteiger partial charge on any atom is 0.133 e. The van der Waals surface area contributed by atoms with Crippen LogP contribution in [0.5, 0.6) is 5.75 Å². The molecule has 0 aromatic heterocycles. The zero-order chi connectivity index (χ0) is 13.7. The van der Waals surface area contributed by atoms with Crippen LogP contribution >= 0.6 is 15.9 Å². The summed E-state index contributed by atoms with van der Waals surface area (Å²) in [5, 5.41) is 3.40. The van der Waals surface area contributed by atoms with Gasteiger partial charge in [-0.15, -0.1) is 0 Å². The van der Waals surface area contributed by atoms with Gasteiger partial charge in [-0.3, -0.25) is 0 Å². The van der Waals surface area contributed by atoms with Crippen molar-refractivity contribution in [3.05, 3.63) is 28.2 Å². The van der Waals surface area contributed by atoms with Crippen LogP contribution in [0.15, 0.2) is 22.7 Å². The summed E-state index contributed by atoms with van der Waals surface area (Å²) in [5.74, 6) is 0.874. The number of rotatable bonds is 5. The second kappa shape index (κ2) is 7.27. The molecule has 1 saturated heterocycles. The Balaban J connectivity index is 2.03. The van der Waals surface area contributed by atoms with Crippen molar-refractivity contribution in [3.63, 3.8) is 0 Å². The lowest BCUT2D eigenvalue weighted by Crippen LogP contribution is -2.42. The number of methoxy groups -OCH3 is 1. The normalized spacial score (nSPS) is 21.1. The van der Waals surface area contributed by atoms with Crippen molar-refractivity contribution >= 4 is 15.9 Å². The molecule has 0 bridgehead atoms. The molecule has 0 spiro atoms. The Morgan fingerprint density at radius 3 is 2.89 bits per heavy atom. The van der Waals surface area contributed by atoms with Crippen LogP contribution in [0.2, 0.25) is 0 Å². The lowest BCUT2D eigenvalue weighted by Gasteiger charge is -2.30. The largest absolute Gasteiger partial charge is 0.496 e. The highest BCUT2D eigenvalue weighted by molar-refractivity contribution is 9.10. The molecule has 0 aliphatic carbocycles. The molecule has 0 saturated carbocycles. The summed E-state index contributed by atoms with van der Waals surface area (Å²) >= 11 is 3.54. The highest BCUT2D eigenvalue weighted by Gasteiger charge is 2.23. The third-order valence-corrected chi connectivity index (χ3v) is 4.33. The quantitative estimate of drug-likeness (QED) is 0.901. The molecular formula is C15H22BrNO2. The standard InChI is InChI=1S/C15H22BrNO2/c1-17-13(15-5-3-4-8-19-15)10-11-6-7-14(18-2)12(16)9-11/h6-7,9,13,15,17H,3-5,8,10H2,1-2H3. The molecule has 2 unspecified atom stereocenters. The van der Waals surface area contributed by atoms with Gasteiger partial charge in [-0.05, 0) is 66.4 Å². The SMILES string of the molecule is CNC(Cc1ccc(OC)c(Br)c1)C1CCCCO1. The molecule has 1 heterocycles. The first-order valence-electron chi connectivity index (χ1n) is 6.86. The molecule has 2 rings (SSSR count). The van der Waals surface area contributed by atoms with E-state index in [-0.39, 0.29) is 0 Å². The van der Waals surface area contributed by atoms with E-state index >= 15 is 0 Å². The Labute approximate surface area is 123 Å². The maximum atomic E-state index is 5.88. The Bertz CT molecular complexity index is 405. The molecule has 1 aromatic carbocycles. The van der Waals surface area contributed by atoms with Crippen molar-refractivity contribution in [1.29, 1.82) is 0 Å². The molecule has 1 aromatic rings. The third kappa shape index (κ3) is 3.94. The number of ether oxygens (including phenoxy) is 2. The van der Waals surface area contributed by atoms with E-state index in [1.54, 1.807) is 7.11 Å². The van der Waals surface area contributed by atoms with Crippen LogP contribution < -0.4 is 10.1 Å². The van der Waals surface area contributed by atoms with E-state index < -0.39 is 0 Å². The first kappa shape index (κ1) is 14.8. The molecule has 4 heteroatoms. The number of hydrogen-bond donors (Lipinski definition) is 1. The van der Waals surface area contributed by atoms with Crippen LogP contribution in [0.4, 0.5) is 0 Å². The summed E-state index contributed by atoms with van der Waals surface area (Å²) in [5.41, 5.74) is 1.29. The van der Waals surface area contributed by atoms with Crippen LogP contribution in [0.3, 0.4) is 0 Å². The van der Waals surface area contributed by atoms with Crippen molar-refractivity contribution in [3.8, 4) is 5.75 Å². The Morgan fingerprint density at radius 2 is 2.32 bits per heavy atom. The van der Waals surface area contributed by atoms with Crippen LogP contribution in [0.1, 0.15) is 24.8 Å². The van der Waals surface area contributed by atoms with E-state index in [1.807, 2.05) is 13.1 Å². The zero-order valence-electron chi connectivity index (χ0n) is 11.6. The topological polar surface area (TPSA) is 30.5 Å². The summed E-state index contributed by atoms with van der Waals surface area (Å²) in [6.07, 6.45) is 4.93. The maximum absolute atomic E-state index is 5.88. The highest BCUT2D eigenvalue weighted by atomic mass is 79.9. The molecule has 0 amide bonds. The number of benzene rings is 1. The molecule has 19 heavy (non-hydrogen) atoms. The third-order valence-electron chi connectivity index (χ3n) is 3.71. The van der Waals surface area contributed by atoms with Crippen LogP contribution in [0.25, 0.3) is 0 Å². The van der Waals surface area contributed by atoms with Gasteiger partial charge in [0.05, 0.1) is 17.7 Å². The van der Waals surface area contributed by atoms with E-state index in [4.69, 9.17) is 9.47 Å². The van der Waals surface area contributed by atoms with Crippen molar-refractivity contribution < 1.29 is 9.47 Å². The van der Waals surface area contributed by atoms with Gasteiger partial charge in [-0.2, -0.15) is 0 Å². The first-order valence-corrected chi connectivity index (χ1v) is 7.65. The fraction of sp³-hybridized carbons (Fsp3) is 0.600. The van der Waals surface area contributed by atoms with Gasteiger partial charge in [0.25, 0.3) is 0 Å². The number of hydrogen-bond acceptors (Lipinski definition) is 3. The minimum Gasteiger partial charge on any atom is -0.496 e. The van der Waals surface area contributed by atoms with Gasteiger partial charge < -0.3 is 14.8 Å². The summed E-state index contributed by atoms with van der Waals surface area (Å²) in [4.78, 5) is 0. The highest BCUT2D eigenvalue weighted by Crippen LogP contribution is 2.27. The fourth-order valence-corrected chi connectivity index (χ4v) is 3.18. The van der Waals surface area contributed by atoms with Gasteiger partial charge in [-0.25, -0.2) is 0 Å². The van der Waals surface area contributed by atoms with Crippen LogP contribution in [-0.2, 0) is 11.2 Å². The van der Waals surface area contributed by atoms with Gasteiger partial charge in [0.15, 0.2) is 0 Å². The summed E-state index contributed by atoms with van der Waals surface area (Å²) in [6.45, 7) is 0.898. The summed E-state index contributed by atoms with van der Waals surface area (Å²) < 4.78 is 12.1. The average Bonchev–Trinajstić information content (AvgIpc) is 2.46. The van der Waals surface area contributed by atoms with Gasteiger partial charge in [0.2, 0.25) is 0 Å². The number of likely N-dealkylation sites (N-methyl/N-ethyl adjacent to an activating group) is 1. The second-order valence-corrected chi connectivity index (χ2v) is 5.83. The molecule has 1 aliphatic rings. The molecule has 3 nitrogen and oxygen atoms in total. The van der Waals surface area contributed by atoms with E-state index in [2.05, 4.69) is 33.4 Å². The van der Waals surface area contributed by atoms with Crippen molar-refractivity contribution in [2.24, 2.45) is 0 Å². The smallest absolute Gasteiger partial charge is 0.133 e. The lowest BCUT2D eigenvalue weighted by atomic mass is 9.96. The Morgan fingerprint density at radius 1 is 1.47 bits per heavy atom. The first-order chi connectivity index (χ1) is 9.24. The molecule has 1 aliphatic heterocycles. The zero-order valence-corrected chi connectivity index (χ0v) is 13.2. The second-order valence-electron chi connectivity index (χ2n) is 4.97. The summed E-state index contributed by atoms with van der Waals surface area (Å²) in [7, 11) is 3.70. The minimum absolute atomic E-state index is 0.333. The predicted octanol–water partition coefficient (Wildman–Crippen LogP) is 3.16. The number of nitrogens with one attached hydrogen (secondary N) is 1. The molecular weight excluding hydrogens is 306 g/mol. The van der Waals surface area contributed by atoms with Crippen LogP contribution in [0, 0.1) is 0 Å². The van der Waals surface area contributed by atoms with E-state index in [9.17, 15) is 0 Å². The molecule has 0 radical (unpaired) electrons. The molecule has 2 atom stereocenters. The summed E-state index contributed by atoms with van der Waals surface area (Å²) in [6, 6.07) is 6.64. The van der Waals surface area contributed by atoms with Gasteiger partial charge in [0, 0.05) is 12.6 Å². The Kier molecular flexibility index (Phi) is 5.67. The molecule has 1 N–H and O–H groups in total. The van der Waals surface area contributed by atoms with Crippen molar-refractivity contribution in [2.75, 3.05) is 20.8 Å².